The molecule has 0 saturated carbocycles. The van der Waals surface area contributed by atoms with Gasteiger partial charge in [0.25, 0.3) is 0 Å². The topological polar surface area (TPSA) is 33.6 Å². The Labute approximate surface area is 114 Å². The van der Waals surface area contributed by atoms with Crippen LogP contribution in [0.5, 0.6) is 0 Å². The van der Waals surface area contributed by atoms with E-state index in [1.807, 2.05) is 10.6 Å². The highest BCUT2D eigenvalue weighted by Gasteiger charge is 2.10. The van der Waals surface area contributed by atoms with E-state index in [1.54, 1.807) is 12.1 Å². The number of hydrogen-bond donors (Lipinski definition) is 1. The number of aromatic nitrogens is 3. The second-order valence-corrected chi connectivity index (χ2v) is 4.86. The number of H-pyrrole nitrogens is 1. The molecule has 0 aliphatic carbocycles. The van der Waals surface area contributed by atoms with Crippen LogP contribution in [0.1, 0.15) is 19.2 Å². The molecule has 1 aromatic heterocycles. The van der Waals surface area contributed by atoms with Crippen molar-refractivity contribution >= 4 is 35.4 Å². The van der Waals surface area contributed by atoms with E-state index >= 15 is 0 Å². The van der Waals surface area contributed by atoms with Gasteiger partial charge >= 0.3 is 0 Å². The standard InChI is InChI=1S/C11H11Cl2N3S/c1-2-3-10-14-15-11(17)16(10)9-5-4-7(12)6-8(9)13/h4-6H,2-3H2,1H3,(H,15,17). The molecule has 2 rings (SSSR count). The Hall–Kier alpha value is -0.840. The molecule has 0 unspecified atom stereocenters. The largest absolute Gasteiger partial charge is 0.271 e. The summed E-state index contributed by atoms with van der Waals surface area (Å²) in [6.45, 7) is 2.09. The summed E-state index contributed by atoms with van der Waals surface area (Å²) in [7, 11) is 0. The van der Waals surface area contributed by atoms with Gasteiger partial charge in [0, 0.05) is 11.4 Å². The van der Waals surface area contributed by atoms with Crippen molar-refractivity contribution < 1.29 is 0 Å². The van der Waals surface area contributed by atoms with Crippen LogP contribution in [-0.4, -0.2) is 14.8 Å². The Bertz CT molecular complexity index is 589. The van der Waals surface area contributed by atoms with Crippen LogP contribution in [0.15, 0.2) is 18.2 Å². The van der Waals surface area contributed by atoms with Gasteiger partial charge in [0.15, 0.2) is 4.77 Å². The fourth-order valence-corrected chi connectivity index (χ4v) is 2.37. The van der Waals surface area contributed by atoms with Crippen LogP contribution in [0.3, 0.4) is 0 Å². The zero-order valence-electron chi connectivity index (χ0n) is 9.20. The third kappa shape index (κ3) is 2.54. The Balaban J connectivity index is 2.59. The smallest absolute Gasteiger partial charge is 0.199 e. The molecule has 3 nitrogen and oxygen atoms in total. The Morgan fingerprint density at radius 2 is 2.18 bits per heavy atom. The third-order valence-corrected chi connectivity index (χ3v) is 3.18. The lowest BCUT2D eigenvalue weighted by Gasteiger charge is -2.08. The molecule has 0 aliphatic rings. The average molecular weight is 288 g/mol. The summed E-state index contributed by atoms with van der Waals surface area (Å²) in [4.78, 5) is 0. The first-order valence-corrected chi connectivity index (χ1v) is 6.41. The molecule has 0 spiro atoms. The Kier molecular flexibility index (Phi) is 3.86. The summed E-state index contributed by atoms with van der Waals surface area (Å²) < 4.78 is 2.38. The molecule has 1 heterocycles. The molecular weight excluding hydrogens is 277 g/mol. The summed E-state index contributed by atoms with van der Waals surface area (Å²) in [5, 5.41) is 8.15. The van der Waals surface area contributed by atoms with E-state index in [9.17, 15) is 0 Å². The summed E-state index contributed by atoms with van der Waals surface area (Å²) in [5.41, 5.74) is 0.804. The lowest BCUT2D eigenvalue weighted by atomic mass is 10.3. The second-order valence-electron chi connectivity index (χ2n) is 3.63. The number of hydrogen-bond acceptors (Lipinski definition) is 2. The van der Waals surface area contributed by atoms with Crippen LogP contribution in [-0.2, 0) is 6.42 Å². The van der Waals surface area contributed by atoms with Crippen molar-refractivity contribution in [3.8, 4) is 5.69 Å². The molecule has 0 radical (unpaired) electrons. The summed E-state index contributed by atoms with van der Waals surface area (Å²) >= 11 is 17.3. The summed E-state index contributed by atoms with van der Waals surface area (Å²) in [6, 6.07) is 5.32. The van der Waals surface area contributed by atoms with Crippen LogP contribution in [0.4, 0.5) is 0 Å². The highest BCUT2D eigenvalue weighted by Crippen LogP contribution is 2.25. The van der Waals surface area contributed by atoms with Crippen LogP contribution < -0.4 is 0 Å². The lowest BCUT2D eigenvalue weighted by molar-refractivity contribution is 0.801. The monoisotopic (exact) mass is 287 g/mol. The van der Waals surface area contributed by atoms with E-state index in [0.717, 1.165) is 24.4 Å². The van der Waals surface area contributed by atoms with Crippen molar-refractivity contribution in [1.82, 2.24) is 14.8 Å². The van der Waals surface area contributed by atoms with Crippen molar-refractivity contribution in [3.05, 3.63) is 38.8 Å². The molecule has 6 heteroatoms. The molecule has 0 aliphatic heterocycles. The fraction of sp³-hybridized carbons (Fsp3) is 0.273. The van der Waals surface area contributed by atoms with Crippen molar-refractivity contribution in [3.63, 3.8) is 0 Å². The van der Waals surface area contributed by atoms with Gasteiger partial charge in [-0.25, -0.2) is 0 Å². The molecular formula is C11H11Cl2N3S. The Morgan fingerprint density at radius 3 is 2.82 bits per heavy atom. The third-order valence-electron chi connectivity index (χ3n) is 2.37. The van der Waals surface area contributed by atoms with E-state index < -0.39 is 0 Å². The van der Waals surface area contributed by atoms with Crippen LogP contribution in [0.2, 0.25) is 10.0 Å². The quantitative estimate of drug-likeness (QED) is 0.859. The van der Waals surface area contributed by atoms with Gasteiger partial charge in [0.1, 0.15) is 5.82 Å². The van der Waals surface area contributed by atoms with Gasteiger partial charge in [-0.1, -0.05) is 30.1 Å². The van der Waals surface area contributed by atoms with Crippen molar-refractivity contribution in [2.24, 2.45) is 0 Å². The van der Waals surface area contributed by atoms with E-state index in [-0.39, 0.29) is 0 Å². The van der Waals surface area contributed by atoms with E-state index in [4.69, 9.17) is 35.4 Å². The molecule has 90 valence electrons. The Morgan fingerprint density at radius 1 is 1.41 bits per heavy atom. The first kappa shape index (κ1) is 12.6. The second kappa shape index (κ2) is 5.21. The predicted octanol–water partition coefficient (Wildman–Crippen LogP) is 4.19. The predicted molar refractivity (Wildman–Crippen MR) is 72.8 cm³/mol. The van der Waals surface area contributed by atoms with E-state index in [0.29, 0.717) is 14.8 Å². The number of rotatable bonds is 3. The molecule has 1 aromatic carbocycles. The van der Waals surface area contributed by atoms with E-state index in [2.05, 4.69) is 17.1 Å². The zero-order chi connectivity index (χ0) is 12.4. The minimum Gasteiger partial charge on any atom is -0.271 e. The molecule has 0 bridgehead atoms. The zero-order valence-corrected chi connectivity index (χ0v) is 11.5. The summed E-state index contributed by atoms with van der Waals surface area (Å²) in [6.07, 6.45) is 1.83. The first-order chi connectivity index (χ1) is 8.13. The number of nitrogens with one attached hydrogen (secondary N) is 1. The minimum atomic E-state index is 0.540. The molecule has 17 heavy (non-hydrogen) atoms. The number of benzene rings is 1. The average Bonchev–Trinajstić information content (AvgIpc) is 2.62. The van der Waals surface area contributed by atoms with Crippen molar-refractivity contribution in [2.45, 2.75) is 19.8 Å². The first-order valence-electron chi connectivity index (χ1n) is 5.25. The summed E-state index contributed by atoms with van der Waals surface area (Å²) in [5.74, 6) is 0.877. The van der Waals surface area contributed by atoms with Crippen LogP contribution >= 0.6 is 35.4 Å². The fourth-order valence-electron chi connectivity index (χ4n) is 1.63. The van der Waals surface area contributed by atoms with Gasteiger partial charge in [0.05, 0.1) is 10.7 Å². The molecule has 0 amide bonds. The molecule has 0 saturated heterocycles. The van der Waals surface area contributed by atoms with Gasteiger partial charge in [-0.3, -0.25) is 9.67 Å². The van der Waals surface area contributed by atoms with Gasteiger partial charge in [0.2, 0.25) is 0 Å². The normalized spacial score (nSPS) is 10.8. The number of nitrogens with zero attached hydrogens (tertiary/aromatic N) is 2. The maximum atomic E-state index is 6.17. The van der Waals surface area contributed by atoms with Gasteiger partial charge < -0.3 is 0 Å². The molecule has 0 atom stereocenters. The molecule has 1 N–H and O–H groups in total. The molecule has 0 fully saturated rings. The van der Waals surface area contributed by atoms with E-state index in [1.165, 1.54) is 0 Å². The highest BCUT2D eigenvalue weighted by molar-refractivity contribution is 7.71. The van der Waals surface area contributed by atoms with Gasteiger partial charge in [-0.15, -0.1) is 0 Å². The number of aryl methyl sites for hydroxylation is 1. The number of halogens is 2. The van der Waals surface area contributed by atoms with Crippen LogP contribution in [0.25, 0.3) is 5.69 Å². The lowest BCUT2D eigenvalue weighted by Crippen LogP contribution is -2.02. The molecule has 2 aromatic rings. The minimum absolute atomic E-state index is 0.540. The van der Waals surface area contributed by atoms with Crippen molar-refractivity contribution in [1.29, 1.82) is 0 Å². The maximum absolute atomic E-state index is 6.17. The SMILES string of the molecule is CCCc1n[nH]c(=S)n1-c1ccc(Cl)cc1Cl. The highest BCUT2D eigenvalue weighted by atomic mass is 35.5. The van der Waals surface area contributed by atoms with Gasteiger partial charge in [-0.05, 0) is 36.8 Å². The van der Waals surface area contributed by atoms with Crippen LogP contribution in [0, 0.1) is 4.77 Å². The van der Waals surface area contributed by atoms with Gasteiger partial charge in [-0.2, -0.15) is 5.10 Å². The number of aromatic amines is 1. The van der Waals surface area contributed by atoms with Crippen molar-refractivity contribution in [2.75, 3.05) is 0 Å². The maximum Gasteiger partial charge on any atom is 0.199 e.